The van der Waals surface area contributed by atoms with Gasteiger partial charge in [0, 0.05) is 10.8 Å². The molecule has 4 heteroatoms. The van der Waals surface area contributed by atoms with Gasteiger partial charge >= 0.3 is 0 Å². The topological polar surface area (TPSA) is 35.2 Å². The standard InChI is InChI=1S/C16H18ClNOS/c17-14-7-2-1-6-13(14)12-20-11-5-10-19-16-9-4-3-8-15(16)18/h1-4,6-9H,5,10-12,18H2. The molecule has 2 aromatic carbocycles. The van der Waals surface area contributed by atoms with Gasteiger partial charge in [-0.3, -0.25) is 0 Å². The molecule has 0 amide bonds. The van der Waals surface area contributed by atoms with Crippen LogP contribution < -0.4 is 10.5 Å². The minimum absolute atomic E-state index is 0.684. The molecule has 0 fully saturated rings. The van der Waals surface area contributed by atoms with Crippen molar-refractivity contribution in [1.82, 2.24) is 0 Å². The van der Waals surface area contributed by atoms with Crippen molar-refractivity contribution in [3.8, 4) is 5.75 Å². The summed E-state index contributed by atoms with van der Waals surface area (Å²) in [5.74, 6) is 2.74. The first-order valence-corrected chi connectivity index (χ1v) is 8.09. The van der Waals surface area contributed by atoms with Crippen LogP contribution >= 0.6 is 23.4 Å². The highest BCUT2D eigenvalue weighted by atomic mass is 35.5. The van der Waals surface area contributed by atoms with Gasteiger partial charge in [0.05, 0.1) is 12.3 Å². The summed E-state index contributed by atoms with van der Waals surface area (Å²) in [7, 11) is 0. The molecule has 2 nitrogen and oxygen atoms in total. The first-order valence-electron chi connectivity index (χ1n) is 6.56. The molecule has 2 N–H and O–H groups in total. The lowest BCUT2D eigenvalue weighted by Crippen LogP contribution is -2.01. The number of ether oxygens (including phenoxy) is 1. The minimum atomic E-state index is 0.684. The molecule has 2 rings (SSSR count). The molecule has 0 radical (unpaired) electrons. The Balaban J connectivity index is 1.63. The Labute approximate surface area is 129 Å². The molecule has 0 bridgehead atoms. The predicted molar refractivity (Wildman–Crippen MR) is 88.6 cm³/mol. The lowest BCUT2D eigenvalue weighted by Gasteiger charge is -2.08. The summed E-state index contributed by atoms with van der Waals surface area (Å²) in [6.07, 6.45) is 0.990. The van der Waals surface area contributed by atoms with E-state index < -0.39 is 0 Å². The van der Waals surface area contributed by atoms with Crippen molar-refractivity contribution in [2.24, 2.45) is 0 Å². The maximum absolute atomic E-state index is 6.11. The average Bonchev–Trinajstić information content (AvgIpc) is 2.46. The smallest absolute Gasteiger partial charge is 0.142 e. The van der Waals surface area contributed by atoms with Crippen LogP contribution in [0.1, 0.15) is 12.0 Å². The molecule has 0 aliphatic rings. The van der Waals surface area contributed by atoms with Crippen molar-refractivity contribution < 1.29 is 4.74 Å². The summed E-state index contributed by atoms with van der Waals surface area (Å²) < 4.78 is 5.65. The highest BCUT2D eigenvalue weighted by Crippen LogP contribution is 2.22. The van der Waals surface area contributed by atoms with Gasteiger partial charge in [-0.25, -0.2) is 0 Å². The molecule has 20 heavy (non-hydrogen) atoms. The number of hydrogen-bond donors (Lipinski definition) is 1. The summed E-state index contributed by atoms with van der Waals surface area (Å²) in [5, 5.41) is 0.841. The molecular weight excluding hydrogens is 290 g/mol. The SMILES string of the molecule is Nc1ccccc1OCCCSCc1ccccc1Cl. The van der Waals surface area contributed by atoms with Crippen LogP contribution in [0.4, 0.5) is 5.69 Å². The van der Waals surface area contributed by atoms with Crippen LogP contribution in [-0.2, 0) is 5.75 Å². The second kappa shape index (κ2) is 8.08. The molecule has 2 aromatic rings. The highest BCUT2D eigenvalue weighted by Gasteiger charge is 2.00. The predicted octanol–water partition coefficient (Wildman–Crippen LogP) is 4.62. The van der Waals surface area contributed by atoms with E-state index in [0.29, 0.717) is 12.3 Å². The van der Waals surface area contributed by atoms with E-state index >= 15 is 0 Å². The van der Waals surface area contributed by atoms with E-state index in [1.165, 1.54) is 5.56 Å². The number of benzene rings is 2. The van der Waals surface area contributed by atoms with Gasteiger partial charge in [0.25, 0.3) is 0 Å². The van der Waals surface area contributed by atoms with Crippen LogP contribution in [0.3, 0.4) is 0 Å². The Bertz CT molecular complexity index is 498. The summed E-state index contributed by atoms with van der Waals surface area (Å²) in [6.45, 7) is 0.684. The Kier molecular flexibility index (Phi) is 6.09. The molecule has 0 saturated carbocycles. The van der Waals surface area contributed by atoms with Crippen molar-refractivity contribution in [3.63, 3.8) is 0 Å². The molecule has 0 aromatic heterocycles. The van der Waals surface area contributed by atoms with Crippen LogP contribution in [0.5, 0.6) is 5.75 Å². The molecule has 0 atom stereocenters. The Hall–Kier alpha value is -1.32. The lowest BCUT2D eigenvalue weighted by atomic mass is 10.2. The largest absolute Gasteiger partial charge is 0.491 e. The molecule has 0 spiro atoms. The van der Waals surface area contributed by atoms with E-state index in [-0.39, 0.29) is 0 Å². The number of anilines is 1. The summed E-state index contributed by atoms with van der Waals surface area (Å²) >= 11 is 7.97. The molecule has 0 aliphatic heterocycles. The summed E-state index contributed by atoms with van der Waals surface area (Å²) in [6, 6.07) is 15.5. The monoisotopic (exact) mass is 307 g/mol. The quantitative estimate of drug-likeness (QED) is 0.598. The van der Waals surface area contributed by atoms with Crippen molar-refractivity contribution >= 4 is 29.1 Å². The van der Waals surface area contributed by atoms with E-state index in [9.17, 15) is 0 Å². The van der Waals surface area contributed by atoms with E-state index in [1.807, 2.05) is 54.2 Å². The van der Waals surface area contributed by atoms with Crippen molar-refractivity contribution in [1.29, 1.82) is 0 Å². The number of hydrogen-bond acceptors (Lipinski definition) is 3. The number of halogens is 1. The third kappa shape index (κ3) is 4.66. The van der Waals surface area contributed by atoms with Gasteiger partial charge in [-0.05, 0) is 35.9 Å². The summed E-state index contributed by atoms with van der Waals surface area (Å²) in [5.41, 5.74) is 7.69. The zero-order valence-corrected chi connectivity index (χ0v) is 12.8. The first-order chi connectivity index (χ1) is 9.77. The molecule has 0 aliphatic carbocycles. The fourth-order valence-corrected chi connectivity index (χ4v) is 2.97. The van der Waals surface area contributed by atoms with Gasteiger partial charge < -0.3 is 10.5 Å². The van der Waals surface area contributed by atoms with E-state index in [2.05, 4.69) is 6.07 Å². The second-order valence-electron chi connectivity index (χ2n) is 4.38. The Morgan fingerprint density at radius 1 is 1.05 bits per heavy atom. The summed E-state index contributed by atoms with van der Waals surface area (Å²) in [4.78, 5) is 0. The van der Waals surface area contributed by atoms with Crippen LogP contribution in [0, 0.1) is 0 Å². The average molecular weight is 308 g/mol. The van der Waals surface area contributed by atoms with Gasteiger partial charge in [0.1, 0.15) is 5.75 Å². The number of nitrogens with two attached hydrogens (primary N) is 1. The zero-order chi connectivity index (χ0) is 14.2. The maximum Gasteiger partial charge on any atom is 0.142 e. The van der Waals surface area contributed by atoms with Crippen LogP contribution in [0.15, 0.2) is 48.5 Å². The Morgan fingerprint density at radius 3 is 2.60 bits per heavy atom. The van der Waals surface area contributed by atoms with Crippen molar-refractivity contribution in [2.75, 3.05) is 18.1 Å². The van der Waals surface area contributed by atoms with Gasteiger partial charge in [0.2, 0.25) is 0 Å². The Morgan fingerprint density at radius 2 is 1.80 bits per heavy atom. The third-order valence-corrected chi connectivity index (χ3v) is 4.29. The minimum Gasteiger partial charge on any atom is -0.491 e. The van der Waals surface area contributed by atoms with Crippen LogP contribution in [0.25, 0.3) is 0 Å². The van der Waals surface area contributed by atoms with E-state index in [0.717, 1.165) is 28.7 Å². The second-order valence-corrected chi connectivity index (χ2v) is 5.90. The van der Waals surface area contributed by atoms with E-state index in [1.54, 1.807) is 0 Å². The number of nitrogen functional groups attached to an aromatic ring is 1. The lowest BCUT2D eigenvalue weighted by molar-refractivity contribution is 0.320. The molecule has 0 saturated heterocycles. The van der Waals surface area contributed by atoms with Crippen molar-refractivity contribution in [2.45, 2.75) is 12.2 Å². The normalized spacial score (nSPS) is 10.4. The molecular formula is C16H18ClNOS. The van der Waals surface area contributed by atoms with Crippen molar-refractivity contribution in [3.05, 3.63) is 59.1 Å². The number of para-hydroxylation sites is 2. The molecule has 0 heterocycles. The van der Waals surface area contributed by atoms with Gasteiger partial charge in [-0.2, -0.15) is 11.8 Å². The van der Waals surface area contributed by atoms with E-state index in [4.69, 9.17) is 22.1 Å². The molecule has 0 unspecified atom stereocenters. The van der Waals surface area contributed by atoms with Gasteiger partial charge in [0.15, 0.2) is 0 Å². The zero-order valence-electron chi connectivity index (χ0n) is 11.2. The fraction of sp³-hybridized carbons (Fsp3) is 0.250. The highest BCUT2D eigenvalue weighted by molar-refractivity contribution is 7.98. The number of rotatable bonds is 7. The molecule has 106 valence electrons. The third-order valence-electron chi connectivity index (χ3n) is 2.82. The number of thioether (sulfide) groups is 1. The first kappa shape index (κ1) is 15.1. The van der Waals surface area contributed by atoms with Crippen LogP contribution in [0.2, 0.25) is 5.02 Å². The fourth-order valence-electron chi connectivity index (χ4n) is 1.75. The van der Waals surface area contributed by atoms with Gasteiger partial charge in [-0.1, -0.05) is 41.9 Å². The van der Waals surface area contributed by atoms with Gasteiger partial charge in [-0.15, -0.1) is 0 Å². The van der Waals surface area contributed by atoms with Crippen LogP contribution in [-0.4, -0.2) is 12.4 Å². The maximum atomic E-state index is 6.11.